The molecule has 3 aromatic rings. The fourth-order valence-electron chi connectivity index (χ4n) is 3.61. The van der Waals surface area contributed by atoms with Gasteiger partial charge in [-0.3, -0.25) is 4.79 Å². The first kappa shape index (κ1) is 20.7. The SMILES string of the molecule is CC(=O)N1CCN(c2cc(-n3nc(C)cc3C)nc(Nc3cc(F)cc(F)c3)n2)CC1. The predicted molar refractivity (Wildman–Crippen MR) is 113 cm³/mol. The van der Waals surface area contributed by atoms with Crippen LogP contribution in [0.25, 0.3) is 5.82 Å². The molecule has 1 aromatic carbocycles. The maximum Gasteiger partial charge on any atom is 0.231 e. The fraction of sp³-hybridized carbons (Fsp3) is 0.333. The highest BCUT2D eigenvalue weighted by molar-refractivity contribution is 5.73. The van der Waals surface area contributed by atoms with Crippen LogP contribution in [0.15, 0.2) is 30.3 Å². The van der Waals surface area contributed by atoms with Crippen molar-refractivity contribution in [2.24, 2.45) is 0 Å². The number of nitrogens with one attached hydrogen (secondary N) is 1. The van der Waals surface area contributed by atoms with Crippen LogP contribution in [0.4, 0.5) is 26.2 Å². The van der Waals surface area contributed by atoms with E-state index in [9.17, 15) is 13.6 Å². The Bertz CT molecular complexity index is 1100. The molecule has 162 valence electrons. The molecule has 1 fully saturated rings. The Balaban J connectivity index is 1.70. The molecule has 2 aromatic heterocycles. The Morgan fingerprint density at radius 2 is 1.58 bits per heavy atom. The van der Waals surface area contributed by atoms with Gasteiger partial charge in [0.2, 0.25) is 11.9 Å². The Morgan fingerprint density at radius 1 is 0.935 bits per heavy atom. The van der Waals surface area contributed by atoms with Gasteiger partial charge in [0.05, 0.1) is 5.69 Å². The van der Waals surface area contributed by atoms with E-state index in [1.54, 1.807) is 16.5 Å². The van der Waals surface area contributed by atoms with Crippen LogP contribution in [0.3, 0.4) is 0 Å². The Labute approximate surface area is 178 Å². The van der Waals surface area contributed by atoms with Gasteiger partial charge in [0, 0.05) is 56.6 Å². The molecule has 0 atom stereocenters. The zero-order valence-electron chi connectivity index (χ0n) is 17.6. The third-order valence-corrected chi connectivity index (χ3v) is 5.09. The van der Waals surface area contributed by atoms with Crippen molar-refractivity contribution >= 4 is 23.4 Å². The van der Waals surface area contributed by atoms with E-state index in [-0.39, 0.29) is 17.5 Å². The smallest absolute Gasteiger partial charge is 0.231 e. The lowest BCUT2D eigenvalue weighted by Crippen LogP contribution is -2.48. The molecule has 1 saturated heterocycles. The average Bonchev–Trinajstić information content (AvgIpc) is 3.05. The van der Waals surface area contributed by atoms with Gasteiger partial charge >= 0.3 is 0 Å². The molecule has 0 bridgehead atoms. The number of nitrogens with zero attached hydrogens (tertiary/aromatic N) is 6. The Hall–Kier alpha value is -3.56. The first-order valence-corrected chi connectivity index (χ1v) is 9.95. The number of rotatable bonds is 4. The minimum atomic E-state index is -0.697. The van der Waals surface area contributed by atoms with Crippen LogP contribution in [-0.4, -0.2) is 56.7 Å². The summed E-state index contributed by atoms with van der Waals surface area (Å²) in [6.07, 6.45) is 0. The van der Waals surface area contributed by atoms with Crippen LogP contribution in [-0.2, 0) is 4.79 Å². The third kappa shape index (κ3) is 4.62. The van der Waals surface area contributed by atoms with Crippen molar-refractivity contribution in [3.05, 3.63) is 53.4 Å². The Kier molecular flexibility index (Phi) is 5.53. The van der Waals surface area contributed by atoms with Crippen LogP contribution < -0.4 is 10.2 Å². The molecule has 0 aliphatic carbocycles. The zero-order valence-corrected chi connectivity index (χ0v) is 17.6. The van der Waals surface area contributed by atoms with E-state index >= 15 is 0 Å². The average molecular weight is 427 g/mol. The maximum absolute atomic E-state index is 13.6. The molecule has 0 saturated carbocycles. The largest absolute Gasteiger partial charge is 0.353 e. The number of amides is 1. The van der Waals surface area contributed by atoms with Gasteiger partial charge in [0.15, 0.2) is 5.82 Å². The monoisotopic (exact) mass is 427 g/mol. The van der Waals surface area contributed by atoms with Gasteiger partial charge in [-0.25, -0.2) is 13.5 Å². The minimum Gasteiger partial charge on any atom is -0.353 e. The number of aromatic nitrogens is 4. The van der Waals surface area contributed by atoms with E-state index < -0.39 is 11.6 Å². The van der Waals surface area contributed by atoms with E-state index in [0.717, 1.165) is 17.5 Å². The van der Waals surface area contributed by atoms with Gasteiger partial charge < -0.3 is 15.1 Å². The lowest BCUT2D eigenvalue weighted by molar-refractivity contribution is -0.129. The number of hydrogen-bond donors (Lipinski definition) is 1. The molecule has 4 rings (SSSR count). The molecule has 0 spiro atoms. The summed E-state index contributed by atoms with van der Waals surface area (Å²) in [5, 5.41) is 7.38. The van der Waals surface area contributed by atoms with Crippen LogP contribution in [0, 0.1) is 25.5 Å². The van der Waals surface area contributed by atoms with Crippen LogP contribution in [0.5, 0.6) is 0 Å². The highest BCUT2D eigenvalue weighted by Crippen LogP contribution is 2.23. The molecule has 0 radical (unpaired) electrons. The van der Waals surface area contributed by atoms with E-state index in [1.807, 2.05) is 30.9 Å². The molecule has 1 aliphatic heterocycles. The fourth-order valence-corrected chi connectivity index (χ4v) is 3.61. The minimum absolute atomic E-state index is 0.0427. The molecular formula is C21H23F2N7O. The molecule has 0 unspecified atom stereocenters. The quantitative estimate of drug-likeness (QED) is 0.690. The first-order chi connectivity index (χ1) is 14.8. The van der Waals surface area contributed by atoms with E-state index in [2.05, 4.69) is 20.4 Å². The summed E-state index contributed by atoms with van der Waals surface area (Å²) in [6.45, 7) is 7.77. The van der Waals surface area contributed by atoms with Gasteiger partial charge in [0.25, 0.3) is 0 Å². The maximum atomic E-state index is 13.6. The van der Waals surface area contributed by atoms with Crippen LogP contribution in [0.1, 0.15) is 18.3 Å². The predicted octanol–water partition coefficient (Wildman–Crippen LogP) is 2.97. The lowest BCUT2D eigenvalue weighted by atomic mass is 10.3. The second kappa shape index (κ2) is 8.29. The normalized spacial score (nSPS) is 14.1. The number of halogens is 2. The summed E-state index contributed by atoms with van der Waals surface area (Å²) >= 11 is 0. The van der Waals surface area contributed by atoms with E-state index in [4.69, 9.17) is 0 Å². The Morgan fingerprint density at radius 3 is 2.16 bits per heavy atom. The number of carbonyl (C=O) groups excluding carboxylic acids is 1. The van der Waals surface area contributed by atoms with Crippen molar-refractivity contribution in [2.75, 3.05) is 36.4 Å². The molecule has 8 nitrogen and oxygen atoms in total. The zero-order chi connectivity index (χ0) is 22.1. The van der Waals surface area contributed by atoms with Crippen molar-refractivity contribution in [3.63, 3.8) is 0 Å². The summed E-state index contributed by atoms with van der Waals surface area (Å²) in [5.41, 5.74) is 1.94. The van der Waals surface area contributed by atoms with Gasteiger partial charge in [-0.15, -0.1) is 0 Å². The van der Waals surface area contributed by atoms with E-state index in [0.29, 0.717) is 37.8 Å². The van der Waals surface area contributed by atoms with Crippen LogP contribution >= 0.6 is 0 Å². The highest BCUT2D eigenvalue weighted by Gasteiger charge is 2.21. The summed E-state index contributed by atoms with van der Waals surface area (Å²) in [6, 6.07) is 6.91. The summed E-state index contributed by atoms with van der Waals surface area (Å²) in [5.74, 6) is 0.0138. The molecule has 31 heavy (non-hydrogen) atoms. The molecule has 10 heteroatoms. The number of aryl methyl sites for hydroxylation is 2. The standard InChI is InChI=1S/C21H23F2N7O/c1-13-8-14(2)30(27-13)20-12-19(29-6-4-28(5-7-29)15(3)31)25-21(26-20)24-18-10-16(22)9-17(23)11-18/h8-12H,4-7H2,1-3H3,(H,24,25,26). The first-order valence-electron chi connectivity index (χ1n) is 9.95. The number of benzene rings is 1. The second-order valence-corrected chi connectivity index (χ2v) is 7.52. The summed E-state index contributed by atoms with van der Waals surface area (Å²) in [4.78, 5) is 24.5. The molecular weight excluding hydrogens is 404 g/mol. The lowest BCUT2D eigenvalue weighted by Gasteiger charge is -2.35. The van der Waals surface area contributed by atoms with Crippen molar-refractivity contribution in [1.29, 1.82) is 0 Å². The highest BCUT2D eigenvalue weighted by atomic mass is 19.1. The van der Waals surface area contributed by atoms with Gasteiger partial charge in [-0.2, -0.15) is 15.1 Å². The molecule has 1 aliphatic rings. The van der Waals surface area contributed by atoms with E-state index in [1.165, 1.54) is 12.1 Å². The molecule has 1 amide bonds. The van der Waals surface area contributed by atoms with Gasteiger partial charge in [-0.05, 0) is 32.0 Å². The number of carbonyl (C=O) groups is 1. The van der Waals surface area contributed by atoms with Gasteiger partial charge in [0.1, 0.15) is 17.5 Å². The number of anilines is 3. The third-order valence-electron chi connectivity index (χ3n) is 5.09. The summed E-state index contributed by atoms with van der Waals surface area (Å²) in [7, 11) is 0. The number of piperazine rings is 1. The van der Waals surface area contributed by atoms with Crippen molar-refractivity contribution in [2.45, 2.75) is 20.8 Å². The summed E-state index contributed by atoms with van der Waals surface area (Å²) < 4.78 is 29.0. The molecule has 3 heterocycles. The van der Waals surface area contributed by atoms with Gasteiger partial charge in [-0.1, -0.05) is 0 Å². The van der Waals surface area contributed by atoms with Crippen LogP contribution in [0.2, 0.25) is 0 Å². The molecule has 1 N–H and O–H groups in total. The second-order valence-electron chi connectivity index (χ2n) is 7.52. The topological polar surface area (TPSA) is 79.2 Å². The van der Waals surface area contributed by atoms with Crippen molar-refractivity contribution in [1.82, 2.24) is 24.6 Å². The number of hydrogen-bond acceptors (Lipinski definition) is 6. The van der Waals surface area contributed by atoms with Crippen molar-refractivity contribution in [3.8, 4) is 5.82 Å². The van der Waals surface area contributed by atoms with Crippen molar-refractivity contribution < 1.29 is 13.6 Å².